The van der Waals surface area contributed by atoms with E-state index in [0.29, 0.717) is 17.4 Å². The third-order valence-electron chi connectivity index (χ3n) is 2.57. The topological polar surface area (TPSA) is 60.7 Å². The van der Waals surface area contributed by atoms with E-state index in [0.717, 1.165) is 19.5 Å². The van der Waals surface area contributed by atoms with Crippen molar-refractivity contribution in [3.05, 3.63) is 23.9 Å². The Kier molecular flexibility index (Phi) is 3.15. The van der Waals surface area contributed by atoms with Crippen molar-refractivity contribution in [2.24, 2.45) is 0 Å². The number of nitrogens with zero attached hydrogens (tertiary/aromatic N) is 2. The number of hydrogen-bond donors (Lipinski definition) is 2. The van der Waals surface area contributed by atoms with E-state index in [-0.39, 0.29) is 0 Å². The lowest BCUT2D eigenvalue weighted by atomic mass is 10.1. The van der Waals surface area contributed by atoms with Crippen molar-refractivity contribution in [2.45, 2.75) is 18.9 Å². The largest absolute Gasteiger partial charge is 0.365 e. The van der Waals surface area contributed by atoms with Gasteiger partial charge in [-0.05, 0) is 31.5 Å². The molecule has 2 rings (SSSR count). The normalized spacial score (nSPS) is 20.6. The number of aromatic nitrogens is 1. The highest BCUT2D eigenvalue weighted by Crippen LogP contribution is 2.13. The molecule has 0 bridgehead atoms. The first-order valence-electron chi connectivity index (χ1n) is 5.22. The van der Waals surface area contributed by atoms with Crippen LogP contribution in [0.3, 0.4) is 0 Å². The minimum Gasteiger partial charge on any atom is -0.365 e. The van der Waals surface area contributed by atoms with Gasteiger partial charge in [0.2, 0.25) is 0 Å². The summed E-state index contributed by atoms with van der Waals surface area (Å²) in [5.41, 5.74) is 0.614. The first kappa shape index (κ1) is 9.94. The Balaban J connectivity index is 2.06. The van der Waals surface area contributed by atoms with E-state index < -0.39 is 0 Å². The molecule has 2 N–H and O–H groups in total. The van der Waals surface area contributed by atoms with Crippen molar-refractivity contribution in [3.8, 4) is 6.07 Å². The van der Waals surface area contributed by atoms with E-state index in [1.165, 1.54) is 6.42 Å². The Hall–Kier alpha value is -1.60. The minimum atomic E-state index is 0.390. The fourth-order valence-electron chi connectivity index (χ4n) is 1.78. The lowest BCUT2D eigenvalue weighted by molar-refractivity contribution is 0.479. The maximum absolute atomic E-state index is 8.90. The molecule has 78 valence electrons. The van der Waals surface area contributed by atoms with Gasteiger partial charge in [0.1, 0.15) is 11.9 Å². The molecule has 0 spiro atoms. The Bertz CT molecular complexity index is 363. The molecule has 4 heteroatoms. The summed E-state index contributed by atoms with van der Waals surface area (Å²) in [6.45, 7) is 2.03. The maximum Gasteiger partial charge on any atom is 0.144 e. The van der Waals surface area contributed by atoms with Gasteiger partial charge in [0.05, 0.1) is 5.56 Å². The zero-order valence-corrected chi connectivity index (χ0v) is 8.53. The Labute approximate surface area is 89.3 Å². The summed E-state index contributed by atoms with van der Waals surface area (Å²) in [6.07, 6.45) is 4.01. The number of hydrogen-bond acceptors (Lipinski definition) is 4. The fourth-order valence-corrected chi connectivity index (χ4v) is 1.78. The molecule has 0 unspecified atom stereocenters. The molecule has 1 aromatic heterocycles. The lowest BCUT2D eigenvalue weighted by Crippen LogP contribution is -2.38. The SMILES string of the molecule is N#Cc1cccnc1N[C@H]1CCCNC1. The highest BCUT2D eigenvalue weighted by molar-refractivity contribution is 5.51. The zero-order chi connectivity index (χ0) is 10.5. The third-order valence-corrected chi connectivity index (χ3v) is 2.57. The summed E-state index contributed by atoms with van der Waals surface area (Å²) in [5, 5.41) is 15.5. The number of pyridine rings is 1. The number of nitrogens with one attached hydrogen (secondary N) is 2. The van der Waals surface area contributed by atoms with E-state index in [1.807, 2.05) is 0 Å². The molecule has 1 aliphatic rings. The summed E-state index contributed by atoms with van der Waals surface area (Å²) in [6, 6.07) is 6.09. The molecule has 0 aliphatic carbocycles. The van der Waals surface area contributed by atoms with Crippen LogP contribution < -0.4 is 10.6 Å². The summed E-state index contributed by atoms with van der Waals surface area (Å²) in [5.74, 6) is 0.703. The molecular weight excluding hydrogens is 188 g/mol. The molecule has 0 aromatic carbocycles. The summed E-state index contributed by atoms with van der Waals surface area (Å²) >= 11 is 0. The van der Waals surface area contributed by atoms with Crippen LogP contribution in [0.5, 0.6) is 0 Å². The number of piperidine rings is 1. The van der Waals surface area contributed by atoms with Crippen LogP contribution in [0, 0.1) is 11.3 Å². The lowest BCUT2D eigenvalue weighted by Gasteiger charge is -2.24. The van der Waals surface area contributed by atoms with Crippen molar-refractivity contribution in [2.75, 3.05) is 18.4 Å². The number of nitriles is 1. The molecule has 15 heavy (non-hydrogen) atoms. The van der Waals surface area contributed by atoms with E-state index in [2.05, 4.69) is 21.7 Å². The van der Waals surface area contributed by atoms with Crippen molar-refractivity contribution in [3.63, 3.8) is 0 Å². The predicted molar refractivity (Wildman–Crippen MR) is 58.5 cm³/mol. The molecular formula is C11H14N4. The average Bonchev–Trinajstić information content (AvgIpc) is 2.31. The Morgan fingerprint density at radius 1 is 1.60 bits per heavy atom. The van der Waals surface area contributed by atoms with Gasteiger partial charge in [-0.15, -0.1) is 0 Å². The average molecular weight is 202 g/mol. The van der Waals surface area contributed by atoms with Gasteiger partial charge in [-0.25, -0.2) is 4.98 Å². The van der Waals surface area contributed by atoms with Gasteiger partial charge in [0, 0.05) is 18.8 Å². The van der Waals surface area contributed by atoms with E-state index in [1.54, 1.807) is 18.3 Å². The second kappa shape index (κ2) is 4.76. The maximum atomic E-state index is 8.90. The van der Waals surface area contributed by atoms with Gasteiger partial charge in [-0.3, -0.25) is 0 Å². The Morgan fingerprint density at radius 3 is 3.27 bits per heavy atom. The van der Waals surface area contributed by atoms with Crippen molar-refractivity contribution < 1.29 is 0 Å². The standard InChI is InChI=1S/C11H14N4/c12-7-9-3-1-6-14-11(9)15-10-4-2-5-13-8-10/h1,3,6,10,13H,2,4-5,8H2,(H,14,15)/t10-/m0/s1. The van der Waals surface area contributed by atoms with Crippen LogP contribution in [0.25, 0.3) is 0 Å². The van der Waals surface area contributed by atoms with Gasteiger partial charge in [-0.1, -0.05) is 0 Å². The molecule has 1 aromatic rings. The van der Waals surface area contributed by atoms with E-state index in [4.69, 9.17) is 5.26 Å². The second-order valence-corrected chi connectivity index (χ2v) is 3.70. The fraction of sp³-hybridized carbons (Fsp3) is 0.455. The van der Waals surface area contributed by atoms with Crippen molar-refractivity contribution in [1.82, 2.24) is 10.3 Å². The quantitative estimate of drug-likeness (QED) is 0.754. The molecule has 1 fully saturated rings. The summed E-state index contributed by atoms with van der Waals surface area (Å²) in [7, 11) is 0. The number of anilines is 1. The minimum absolute atomic E-state index is 0.390. The first-order chi connectivity index (χ1) is 7.40. The highest BCUT2D eigenvalue weighted by atomic mass is 15.1. The monoisotopic (exact) mass is 202 g/mol. The summed E-state index contributed by atoms with van der Waals surface area (Å²) in [4.78, 5) is 4.18. The van der Waals surface area contributed by atoms with Crippen molar-refractivity contribution in [1.29, 1.82) is 5.26 Å². The molecule has 1 aliphatic heterocycles. The first-order valence-corrected chi connectivity index (χ1v) is 5.22. The molecule has 0 radical (unpaired) electrons. The van der Waals surface area contributed by atoms with Gasteiger partial charge in [-0.2, -0.15) is 5.26 Å². The predicted octanol–water partition coefficient (Wildman–Crippen LogP) is 1.12. The summed E-state index contributed by atoms with van der Waals surface area (Å²) < 4.78 is 0. The Morgan fingerprint density at radius 2 is 2.53 bits per heavy atom. The van der Waals surface area contributed by atoms with Crippen molar-refractivity contribution >= 4 is 5.82 Å². The van der Waals surface area contributed by atoms with Crippen LogP contribution in [0.2, 0.25) is 0 Å². The highest BCUT2D eigenvalue weighted by Gasteiger charge is 2.14. The van der Waals surface area contributed by atoms with Gasteiger partial charge < -0.3 is 10.6 Å². The smallest absolute Gasteiger partial charge is 0.144 e. The van der Waals surface area contributed by atoms with Gasteiger partial charge >= 0.3 is 0 Å². The molecule has 2 heterocycles. The molecule has 1 saturated heterocycles. The third kappa shape index (κ3) is 2.45. The van der Waals surface area contributed by atoms with Crippen LogP contribution in [-0.4, -0.2) is 24.1 Å². The van der Waals surface area contributed by atoms with Gasteiger partial charge in [0.15, 0.2) is 0 Å². The zero-order valence-electron chi connectivity index (χ0n) is 8.53. The van der Waals surface area contributed by atoms with Crippen LogP contribution in [-0.2, 0) is 0 Å². The number of rotatable bonds is 2. The van der Waals surface area contributed by atoms with Crippen LogP contribution >= 0.6 is 0 Å². The van der Waals surface area contributed by atoms with Gasteiger partial charge in [0.25, 0.3) is 0 Å². The van der Waals surface area contributed by atoms with Crippen LogP contribution in [0.4, 0.5) is 5.82 Å². The molecule has 4 nitrogen and oxygen atoms in total. The second-order valence-electron chi connectivity index (χ2n) is 3.70. The molecule has 0 amide bonds. The molecule has 1 atom stereocenters. The van der Waals surface area contributed by atoms with Crippen LogP contribution in [0.15, 0.2) is 18.3 Å². The van der Waals surface area contributed by atoms with Crippen LogP contribution in [0.1, 0.15) is 18.4 Å². The molecule has 0 saturated carbocycles. The van der Waals surface area contributed by atoms with E-state index in [9.17, 15) is 0 Å². The van der Waals surface area contributed by atoms with E-state index >= 15 is 0 Å².